The van der Waals surface area contributed by atoms with E-state index in [0.717, 1.165) is 22.9 Å². The lowest BCUT2D eigenvalue weighted by Gasteiger charge is -2.13. The van der Waals surface area contributed by atoms with E-state index in [-0.39, 0.29) is 0 Å². The maximum Gasteiger partial charge on any atom is 0.147 e. The molecule has 0 atom stereocenters. The van der Waals surface area contributed by atoms with Gasteiger partial charge >= 0.3 is 0 Å². The lowest BCUT2D eigenvalue weighted by atomic mass is 10.0. The highest BCUT2D eigenvalue weighted by Crippen LogP contribution is 2.23. The first-order valence-corrected chi connectivity index (χ1v) is 4.38. The molecular weight excluding hydrogens is 164 g/mol. The predicted octanol–water partition coefficient (Wildman–Crippen LogP) is 1.50. The molecule has 1 rings (SSSR count). The topological polar surface area (TPSA) is 63.8 Å². The number of aromatic nitrogens is 2. The van der Waals surface area contributed by atoms with Crippen LogP contribution >= 0.6 is 0 Å². The molecule has 0 aromatic carbocycles. The van der Waals surface area contributed by atoms with Gasteiger partial charge in [-0.25, -0.2) is 15.8 Å². The number of hydrogen-bond acceptors (Lipinski definition) is 4. The Morgan fingerprint density at radius 3 is 2.31 bits per heavy atom. The highest BCUT2D eigenvalue weighted by atomic mass is 15.3. The minimum absolute atomic E-state index is 0.381. The Bertz CT molecular complexity index is 307. The Kier molecular flexibility index (Phi) is 2.83. The monoisotopic (exact) mass is 180 g/mol. The third-order valence-electron chi connectivity index (χ3n) is 1.96. The van der Waals surface area contributed by atoms with Crippen molar-refractivity contribution in [1.82, 2.24) is 9.97 Å². The molecule has 0 saturated carbocycles. The standard InChI is InChI=1S/C9H16N4/c1-5(2)8-6(3)11-7(4)12-9(8)13-10/h5H,10H2,1-4H3,(H,11,12,13). The van der Waals surface area contributed by atoms with Crippen LogP contribution in [-0.2, 0) is 0 Å². The highest BCUT2D eigenvalue weighted by Gasteiger charge is 2.12. The van der Waals surface area contributed by atoms with Crippen molar-refractivity contribution >= 4 is 5.82 Å². The summed E-state index contributed by atoms with van der Waals surface area (Å²) in [6, 6.07) is 0. The van der Waals surface area contributed by atoms with Crippen LogP contribution in [0.1, 0.15) is 36.8 Å². The van der Waals surface area contributed by atoms with Crippen molar-refractivity contribution in [3.8, 4) is 0 Å². The molecule has 0 radical (unpaired) electrons. The van der Waals surface area contributed by atoms with Gasteiger partial charge in [-0.2, -0.15) is 0 Å². The molecule has 1 heterocycles. The number of hydrogen-bond donors (Lipinski definition) is 2. The summed E-state index contributed by atoms with van der Waals surface area (Å²) in [7, 11) is 0. The van der Waals surface area contributed by atoms with Crippen molar-refractivity contribution < 1.29 is 0 Å². The molecule has 0 unspecified atom stereocenters. The van der Waals surface area contributed by atoms with Gasteiger partial charge < -0.3 is 5.43 Å². The number of nitrogens with zero attached hydrogens (tertiary/aromatic N) is 2. The summed E-state index contributed by atoms with van der Waals surface area (Å²) in [5, 5.41) is 0. The summed E-state index contributed by atoms with van der Waals surface area (Å²) in [6.45, 7) is 8.03. The fraction of sp³-hybridized carbons (Fsp3) is 0.556. The van der Waals surface area contributed by atoms with Crippen molar-refractivity contribution in [3.05, 3.63) is 17.1 Å². The summed E-state index contributed by atoms with van der Waals surface area (Å²) in [4.78, 5) is 8.52. The number of nitrogen functional groups attached to an aromatic ring is 1. The third kappa shape index (κ3) is 1.95. The Morgan fingerprint density at radius 2 is 1.85 bits per heavy atom. The van der Waals surface area contributed by atoms with Crippen molar-refractivity contribution in [2.45, 2.75) is 33.6 Å². The van der Waals surface area contributed by atoms with Crippen molar-refractivity contribution in [2.75, 3.05) is 5.43 Å². The lowest BCUT2D eigenvalue weighted by Crippen LogP contribution is -2.14. The van der Waals surface area contributed by atoms with Gasteiger partial charge in [-0.05, 0) is 19.8 Å². The van der Waals surface area contributed by atoms with Gasteiger partial charge in [-0.15, -0.1) is 0 Å². The van der Waals surface area contributed by atoms with E-state index >= 15 is 0 Å². The van der Waals surface area contributed by atoms with Gasteiger partial charge in [-0.1, -0.05) is 13.8 Å². The van der Waals surface area contributed by atoms with Crippen LogP contribution < -0.4 is 11.3 Å². The number of aryl methyl sites for hydroxylation is 2. The van der Waals surface area contributed by atoms with Gasteiger partial charge in [0.25, 0.3) is 0 Å². The van der Waals surface area contributed by atoms with Gasteiger partial charge in [0.15, 0.2) is 0 Å². The Labute approximate surface area is 78.6 Å². The molecule has 3 N–H and O–H groups in total. The number of anilines is 1. The molecule has 0 spiro atoms. The van der Waals surface area contributed by atoms with Crippen LogP contribution in [0.15, 0.2) is 0 Å². The number of rotatable bonds is 2. The van der Waals surface area contributed by atoms with Crippen LogP contribution in [0, 0.1) is 13.8 Å². The zero-order valence-corrected chi connectivity index (χ0v) is 8.55. The second kappa shape index (κ2) is 3.70. The summed E-state index contributed by atoms with van der Waals surface area (Å²) >= 11 is 0. The van der Waals surface area contributed by atoms with Crippen LogP contribution in [0.25, 0.3) is 0 Å². The first-order chi connectivity index (χ1) is 6.06. The number of hydrazine groups is 1. The van der Waals surface area contributed by atoms with E-state index in [2.05, 4.69) is 29.2 Å². The first-order valence-electron chi connectivity index (χ1n) is 4.38. The molecule has 0 amide bonds. The summed E-state index contributed by atoms with van der Waals surface area (Å²) in [6.07, 6.45) is 0. The van der Waals surface area contributed by atoms with Crippen molar-refractivity contribution in [1.29, 1.82) is 0 Å². The molecule has 0 fully saturated rings. The fourth-order valence-electron chi connectivity index (χ4n) is 1.52. The molecule has 13 heavy (non-hydrogen) atoms. The summed E-state index contributed by atoms with van der Waals surface area (Å²) in [5.41, 5.74) is 4.69. The van der Waals surface area contributed by atoms with Gasteiger partial charge in [0.2, 0.25) is 0 Å². The summed E-state index contributed by atoms with van der Waals surface area (Å²) in [5.74, 6) is 7.25. The van der Waals surface area contributed by atoms with Crippen LogP contribution in [0.4, 0.5) is 5.82 Å². The number of nitrogens with one attached hydrogen (secondary N) is 1. The third-order valence-corrected chi connectivity index (χ3v) is 1.96. The Balaban J connectivity index is 3.30. The van der Waals surface area contributed by atoms with Gasteiger partial charge in [0, 0.05) is 11.3 Å². The van der Waals surface area contributed by atoms with Crippen LogP contribution in [0.5, 0.6) is 0 Å². The summed E-state index contributed by atoms with van der Waals surface area (Å²) < 4.78 is 0. The van der Waals surface area contributed by atoms with E-state index in [1.54, 1.807) is 0 Å². The second-order valence-electron chi connectivity index (χ2n) is 3.42. The average molecular weight is 180 g/mol. The number of nitrogens with two attached hydrogens (primary N) is 1. The quantitative estimate of drug-likeness (QED) is 0.535. The first kappa shape index (κ1) is 9.92. The zero-order valence-electron chi connectivity index (χ0n) is 8.55. The van der Waals surface area contributed by atoms with E-state index in [4.69, 9.17) is 5.84 Å². The van der Waals surface area contributed by atoms with E-state index in [0.29, 0.717) is 5.92 Å². The van der Waals surface area contributed by atoms with Crippen molar-refractivity contribution in [3.63, 3.8) is 0 Å². The molecule has 0 bridgehead atoms. The molecule has 1 aromatic rings. The molecule has 0 aliphatic carbocycles. The largest absolute Gasteiger partial charge is 0.308 e. The minimum atomic E-state index is 0.381. The SMILES string of the molecule is Cc1nc(C)c(C(C)C)c(NN)n1. The molecule has 0 saturated heterocycles. The second-order valence-corrected chi connectivity index (χ2v) is 3.42. The molecular formula is C9H16N4. The molecule has 1 aromatic heterocycles. The Hall–Kier alpha value is -1.16. The van der Waals surface area contributed by atoms with Crippen LogP contribution in [-0.4, -0.2) is 9.97 Å². The van der Waals surface area contributed by atoms with Gasteiger partial charge in [0.1, 0.15) is 11.6 Å². The Morgan fingerprint density at radius 1 is 1.23 bits per heavy atom. The maximum atomic E-state index is 5.39. The average Bonchev–Trinajstić information content (AvgIpc) is 2.01. The smallest absolute Gasteiger partial charge is 0.147 e. The van der Waals surface area contributed by atoms with E-state index in [9.17, 15) is 0 Å². The predicted molar refractivity (Wildman–Crippen MR) is 53.4 cm³/mol. The van der Waals surface area contributed by atoms with Gasteiger partial charge in [0.05, 0.1) is 0 Å². The molecule has 4 heteroatoms. The minimum Gasteiger partial charge on any atom is -0.308 e. The van der Waals surface area contributed by atoms with E-state index < -0.39 is 0 Å². The van der Waals surface area contributed by atoms with E-state index in [1.165, 1.54) is 0 Å². The van der Waals surface area contributed by atoms with E-state index in [1.807, 2.05) is 13.8 Å². The molecule has 0 aliphatic rings. The molecule has 72 valence electrons. The van der Waals surface area contributed by atoms with Gasteiger partial charge in [-0.3, -0.25) is 0 Å². The fourth-order valence-corrected chi connectivity index (χ4v) is 1.52. The maximum absolute atomic E-state index is 5.39. The van der Waals surface area contributed by atoms with Crippen LogP contribution in [0.2, 0.25) is 0 Å². The highest BCUT2D eigenvalue weighted by molar-refractivity contribution is 5.47. The van der Waals surface area contributed by atoms with Crippen LogP contribution in [0.3, 0.4) is 0 Å². The normalized spacial score (nSPS) is 10.6. The zero-order chi connectivity index (χ0) is 10.0. The van der Waals surface area contributed by atoms with Crippen molar-refractivity contribution in [2.24, 2.45) is 5.84 Å². The molecule has 4 nitrogen and oxygen atoms in total. The molecule has 0 aliphatic heterocycles. The lowest BCUT2D eigenvalue weighted by molar-refractivity contribution is 0.820.